The number of hydrogen-bond donors (Lipinski definition) is 1. The van der Waals surface area contributed by atoms with Gasteiger partial charge in [-0.2, -0.15) is 13.2 Å². The van der Waals surface area contributed by atoms with Gasteiger partial charge in [-0.3, -0.25) is 0 Å². The molecule has 0 spiro atoms. The van der Waals surface area contributed by atoms with Crippen LogP contribution in [0.1, 0.15) is 19.4 Å². The Balaban J connectivity index is 2.65. The molecule has 0 aliphatic heterocycles. The molecule has 0 atom stereocenters. The third kappa shape index (κ3) is 2.55. The van der Waals surface area contributed by atoms with E-state index in [4.69, 9.17) is 0 Å². The number of halogens is 3. The van der Waals surface area contributed by atoms with Gasteiger partial charge in [-0.1, -0.05) is 18.2 Å². The van der Waals surface area contributed by atoms with Crippen LogP contribution in [0, 0.1) is 0 Å². The summed E-state index contributed by atoms with van der Waals surface area (Å²) in [6.07, 6.45) is -4.38. The average Bonchev–Trinajstić information content (AvgIpc) is 2.25. The van der Waals surface area contributed by atoms with Crippen LogP contribution in [0.15, 0.2) is 30.3 Å². The first-order valence-corrected chi connectivity index (χ1v) is 5.61. The van der Waals surface area contributed by atoms with Crippen molar-refractivity contribution >= 4 is 16.7 Å². The highest BCUT2D eigenvalue weighted by Crippen LogP contribution is 2.35. The molecule has 0 fully saturated rings. The number of benzene rings is 1. The van der Waals surface area contributed by atoms with Crippen LogP contribution in [0.25, 0.3) is 10.9 Å². The van der Waals surface area contributed by atoms with Crippen LogP contribution in [0.2, 0.25) is 0 Å². The van der Waals surface area contributed by atoms with E-state index < -0.39 is 11.7 Å². The number of rotatable bonds is 2. The van der Waals surface area contributed by atoms with Crippen LogP contribution in [0.3, 0.4) is 0 Å². The predicted molar refractivity (Wildman–Crippen MR) is 65.5 cm³/mol. The molecule has 0 bridgehead atoms. The van der Waals surface area contributed by atoms with E-state index in [-0.39, 0.29) is 17.2 Å². The third-order valence-electron chi connectivity index (χ3n) is 2.46. The highest BCUT2D eigenvalue weighted by molar-refractivity contribution is 5.84. The van der Waals surface area contributed by atoms with Crippen molar-refractivity contribution in [2.45, 2.75) is 26.1 Å². The average molecular weight is 254 g/mol. The lowest BCUT2D eigenvalue weighted by Crippen LogP contribution is -2.13. The SMILES string of the molecule is CC(C)Nc1cc(C(F)(F)F)c2ccccc2n1. The molecule has 0 radical (unpaired) electrons. The molecular formula is C13H13F3N2. The summed E-state index contributed by atoms with van der Waals surface area (Å²) in [5.74, 6) is 0.246. The molecule has 1 heterocycles. The van der Waals surface area contributed by atoms with Gasteiger partial charge in [0.25, 0.3) is 0 Å². The van der Waals surface area contributed by atoms with Crippen LogP contribution in [-0.2, 0) is 6.18 Å². The van der Waals surface area contributed by atoms with E-state index in [1.165, 1.54) is 6.07 Å². The van der Waals surface area contributed by atoms with E-state index in [1.54, 1.807) is 18.2 Å². The fraction of sp³-hybridized carbons (Fsp3) is 0.308. The van der Waals surface area contributed by atoms with Crippen molar-refractivity contribution in [2.24, 2.45) is 0 Å². The summed E-state index contributed by atoms with van der Waals surface area (Å²) < 4.78 is 38.9. The molecule has 0 saturated carbocycles. The highest BCUT2D eigenvalue weighted by Gasteiger charge is 2.33. The van der Waals surface area contributed by atoms with Crippen LogP contribution in [0.4, 0.5) is 19.0 Å². The van der Waals surface area contributed by atoms with Gasteiger partial charge in [0.1, 0.15) is 5.82 Å². The van der Waals surface area contributed by atoms with Gasteiger partial charge < -0.3 is 5.32 Å². The first-order valence-electron chi connectivity index (χ1n) is 5.61. The standard InChI is InChI=1S/C13H13F3N2/c1-8(2)17-12-7-10(13(14,15)16)9-5-3-4-6-11(9)18-12/h3-8H,1-2H3,(H,17,18). The summed E-state index contributed by atoms with van der Waals surface area (Å²) in [5, 5.41) is 3.02. The second-order valence-electron chi connectivity index (χ2n) is 4.37. The Morgan fingerprint density at radius 1 is 1.17 bits per heavy atom. The molecule has 5 heteroatoms. The van der Waals surface area contributed by atoms with Gasteiger partial charge in [-0.25, -0.2) is 4.98 Å². The maximum Gasteiger partial charge on any atom is 0.417 e. The van der Waals surface area contributed by atoms with Crippen LogP contribution >= 0.6 is 0 Å². The van der Waals surface area contributed by atoms with Crippen LogP contribution in [0.5, 0.6) is 0 Å². The summed E-state index contributed by atoms with van der Waals surface area (Å²) in [7, 11) is 0. The first-order chi connectivity index (χ1) is 8.38. The minimum absolute atomic E-state index is 0.0275. The van der Waals surface area contributed by atoms with Crippen LogP contribution in [-0.4, -0.2) is 11.0 Å². The summed E-state index contributed by atoms with van der Waals surface area (Å²) in [6, 6.07) is 7.35. The monoisotopic (exact) mass is 254 g/mol. The summed E-state index contributed by atoms with van der Waals surface area (Å²) in [6.45, 7) is 3.70. The van der Waals surface area contributed by atoms with Gasteiger partial charge in [-0.15, -0.1) is 0 Å². The van der Waals surface area contributed by atoms with Crippen LogP contribution < -0.4 is 5.32 Å². The van der Waals surface area contributed by atoms with E-state index in [1.807, 2.05) is 13.8 Å². The smallest absolute Gasteiger partial charge is 0.368 e. The van der Waals surface area contributed by atoms with Crippen molar-refractivity contribution in [2.75, 3.05) is 5.32 Å². The Morgan fingerprint density at radius 2 is 1.83 bits per heavy atom. The number of fused-ring (bicyclic) bond motifs is 1. The van der Waals surface area contributed by atoms with Crippen molar-refractivity contribution in [1.29, 1.82) is 0 Å². The number of para-hydroxylation sites is 1. The fourth-order valence-electron chi connectivity index (χ4n) is 1.78. The molecule has 1 aromatic heterocycles. The molecular weight excluding hydrogens is 241 g/mol. The van der Waals surface area contributed by atoms with Crippen molar-refractivity contribution < 1.29 is 13.2 Å². The van der Waals surface area contributed by atoms with Gasteiger partial charge in [0.15, 0.2) is 0 Å². The molecule has 96 valence electrons. The summed E-state index contributed by atoms with van der Waals surface area (Å²) in [4.78, 5) is 4.18. The predicted octanol–water partition coefficient (Wildman–Crippen LogP) is 4.07. The largest absolute Gasteiger partial charge is 0.417 e. The Labute approximate surface area is 103 Å². The van der Waals surface area contributed by atoms with Gasteiger partial charge >= 0.3 is 6.18 Å². The molecule has 1 aromatic carbocycles. The Kier molecular flexibility index (Phi) is 3.15. The Bertz CT molecular complexity index is 562. The molecule has 0 saturated heterocycles. The van der Waals surface area contributed by atoms with E-state index in [0.29, 0.717) is 5.52 Å². The first kappa shape index (κ1) is 12.7. The van der Waals surface area contributed by atoms with Gasteiger partial charge in [0, 0.05) is 11.4 Å². The van der Waals surface area contributed by atoms with Crippen molar-refractivity contribution in [3.8, 4) is 0 Å². The number of hydrogen-bond acceptors (Lipinski definition) is 2. The number of anilines is 1. The number of nitrogens with one attached hydrogen (secondary N) is 1. The molecule has 2 nitrogen and oxygen atoms in total. The summed E-state index contributed by atoms with van der Waals surface area (Å²) >= 11 is 0. The zero-order valence-electron chi connectivity index (χ0n) is 10.0. The lowest BCUT2D eigenvalue weighted by Gasteiger charge is -2.14. The molecule has 18 heavy (non-hydrogen) atoms. The number of alkyl halides is 3. The second-order valence-corrected chi connectivity index (χ2v) is 4.37. The maximum atomic E-state index is 13.0. The topological polar surface area (TPSA) is 24.9 Å². The number of aromatic nitrogens is 1. The Morgan fingerprint density at radius 3 is 2.44 bits per heavy atom. The lowest BCUT2D eigenvalue weighted by atomic mass is 10.1. The molecule has 1 N–H and O–H groups in total. The number of nitrogens with zero attached hydrogens (tertiary/aromatic N) is 1. The normalized spacial score (nSPS) is 12.1. The molecule has 2 rings (SSSR count). The fourth-order valence-corrected chi connectivity index (χ4v) is 1.78. The number of pyridine rings is 1. The lowest BCUT2D eigenvalue weighted by molar-refractivity contribution is -0.136. The molecule has 0 unspecified atom stereocenters. The van der Waals surface area contributed by atoms with E-state index in [0.717, 1.165) is 6.07 Å². The Hall–Kier alpha value is -1.78. The quantitative estimate of drug-likeness (QED) is 0.873. The van der Waals surface area contributed by atoms with Gasteiger partial charge in [-0.05, 0) is 26.0 Å². The summed E-state index contributed by atoms with van der Waals surface area (Å²) in [5.41, 5.74) is -0.313. The zero-order valence-corrected chi connectivity index (χ0v) is 10.0. The van der Waals surface area contributed by atoms with E-state index in [9.17, 15) is 13.2 Å². The van der Waals surface area contributed by atoms with E-state index in [2.05, 4.69) is 10.3 Å². The third-order valence-corrected chi connectivity index (χ3v) is 2.46. The second kappa shape index (κ2) is 4.48. The molecule has 0 amide bonds. The minimum Gasteiger partial charge on any atom is -0.368 e. The van der Waals surface area contributed by atoms with Crippen molar-refractivity contribution in [3.05, 3.63) is 35.9 Å². The maximum absolute atomic E-state index is 13.0. The minimum atomic E-state index is -4.38. The molecule has 0 aliphatic rings. The molecule has 0 aliphatic carbocycles. The van der Waals surface area contributed by atoms with E-state index >= 15 is 0 Å². The highest BCUT2D eigenvalue weighted by atomic mass is 19.4. The zero-order chi connectivity index (χ0) is 13.3. The van der Waals surface area contributed by atoms with Crippen molar-refractivity contribution in [3.63, 3.8) is 0 Å². The molecule has 2 aromatic rings. The van der Waals surface area contributed by atoms with Gasteiger partial charge in [0.2, 0.25) is 0 Å². The van der Waals surface area contributed by atoms with Crippen molar-refractivity contribution in [1.82, 2.24) is 4.98 Å². The van der Waals surface area contributed by atoms with Gasteiger partial charge in [0.05, 0.1) is 11.1 Å².